The first kappa shape index (κ1) is 17.1. The van der Waals surface area contributed by atoms with Crippen molar-refractivity contribution in [3.05, 3.63) is 65.2 Å². The summed E-state index contributed by atoms with van der Waals surface area (Å²) in [7, 11) is 0. The summed E-state index contributed by atoms with van der Waals surface area (Å²) in [5.74, 6) is 0.561. The Bertz CT molecular complexity index is 632. The molecule has 0 fully saturated rings. The van der Waals surface area contributed by atoms with Gasteiger partial charge >= 0.3 is 0 Å². The minimum Gasteiger partial charge on any atom is -0.381 e. The number of aryl methyl sites for hydroxylation is 1. The molecule has 0 atom stereocenters. The molecule has 0 bridgehead atoms. The van der Waals surface area contributed by atoms with Gasteiger partial charge in [-0.25, -0.2) is 0 Å². The number of amides is 1. The molecule has 2 rings (SSSR count). The maximum absolute atomic E-state index is 11.8. The fourth-order valence-electron chi connectivity index (χ4n) is 2.33. The zero-order valence-electron chi connectivity index (χ0n) is 14.2. The molecule has 0 radical (unpaired) electrons. The van der Waals surface area contributed by atoms with Crippen molar-refractivity contribution in [2.75, 3.05) is 11.9 Å². The highest BCUT2D eigenvalue weighted by atomic mass is 16.1. The van der Waals surface area contributed by atoms with Gasteiger partial charge in [-0.05, 0) is 36.1 Å². The maximum Gasteiger partial charge on any atom is 0.224 e. The van der Waals surface area contributed by atoms with Gasteiger partial charge in [0, 0.05) is 18.8 Å². The fraction of sp³-hybridized carbons (Fsp3) is 0.350. The van der Waals surface area contributed by atoms with Crippen LogP contribution >= 0.6 is 0 Å². The van der Waals surface area contributed by atoms with Crippen molar-refractivity contribution in [3.8, 4) is 0 Å². The van der Waals surface area contributed by atoms with E-state index in [4.69, 9.17) is 0 Å². The molecule has 3 nitrogen and oxygen atoms in total. The number of rotatable bonds is 7. The Hall–Kier alpha value is -2.29. The lowest BCUT2D eigenvalue weighted by molar-refractivity contribution is -0.120. The quantitative estimate of drug-likeness (QED) is 0.814. The van der Waals surface area contributed by atoms with Gasteiger partial charge in [-0.2, -0.15) is 0 Å². The molecule has 2 aromatic carbocycles. The van der Waals surface area contributed by atoms with Gasteiger partial charge in [0.1, 0.15) is 0 Å². The highest BCUT2D eigenvalue weighted by molar-refractivity contribution is 5.78. The van der Waals surface area contributed by atoms with Gasteiger partial charge in [-0.15, -0.1) is 0 Å². The minimum absolute atomic E-state index is 0.0826. The highest BCUT2D eigenvalue weighted by Crippen LogP contribution is 2.12. The first-order valence-corrected chi connectivity index (χ1v) is 8.18. The molecule has 23 heavy (non-hydrogen) atoms. The van der Waals surface area contributed by atoms with Crippen molar-refractivity contribution < 1.29 is 4.79 Å². The SMILES string of the molecule is Cc1cccc(CNc2ccc(CC(=O)NCC(C)C)cc2)c1. The number of carbonyl (C=O) groups is 1. The third-order valence-electron chi connectivity index (χ3n) is 3.61. The van der Waals surface area contributed by atoms with Crippen LogP contribution in [0.5, 0.6) is 0 Å². The average molecular weight is 310 g/mol. The molecule has 122 valence electrons. The Balaban J connectivity index is 1.83. The van der Waals surface area contributed by atoms with E-state index in [-0.39, 0.29) is 5.91 Å². The molecule has 0 aliphatic heterocycles. The molecule has 0 aliphatic rings. The van der Waals surface area contributed by atoms with Crippen molar-refractivity contribution in [2.45, 2.75) is 33.7 Å². The molecule has 0 heterocycles. The predicted molar refractivity (Wildman–Crippen MR) is 96.5 cm³/mol. The Morgan fingerprint density at radius 1 is 1.04 bits per heavy atom. The van der Waals surface area contributed by atoms with Crippen LogP contribution in [0.2, 0.25) is 0 Å². The molecule has 0 aromatic heterocycles. The van der Waals surface area contributed by atoms with Crippen LogP contribution < -0.4 is 10.6 Å². The molecule has 0 saturated heterocycles. The molecular weight excluding hydrogens is 284 g/mol. The van der Waals surface area contributed by atoms with Gasteiger partial charge in [0.2, 0.25) is 5.91 Å². The molecule has 0 unspecified atom stereocenters. The van der Waals surface area contributed by atoms with E-state index in [0.29, 0.717) is 12.3 Å². The molecular formula is C20H26N2O. The summed E-state index contributed by atoms with van der Waals surface area (Å²) in [6.45, 7) is 7.82. The fourth-order valence-corrected chi connectivity index (χ4v) is 2.33. The molecule has 2 aromatic rings. The summed E-state index contributed by atoms with van der Waals surface area (Å²) >= 11 is 0. The third-order valence-corrected chi connectivity index (χ3v) is 3.61. The van der Waals surface area contributed by atoms with Crippen LogP contribution in [0, 0.1) is 12.8 Å². The number of hydrogen-bond donors (Lipinski definition) is 2. The van der Waals surface area contributed by atoms with E-state index in [1.165, 1.54) is 11.1 Å². The zero-order valence-corrected chi connectivity index (χ0v) is 14.2. The van der Waals surface area contributed by atoms with E-state index in [1.807, 2.05) is 24.3 Å². The van der Waals surface area contributed by atoms with Crippen molar-refractivity contribution in [1.29, 1.82) is 0 Å². The molecule has 1 amide bonds. The van der Waals surface area contributed by atoms with E-state index in [2.05, 4.69) is 55.7 Å². The number of benzene rings is 2. The van der Waals surface area contributed by atoms with Gasteiger partial charge in [0.25, 0.3) is 0 Å². The van der Waals surface area contributed by atoms with Crippen molar-refractivity contribution in [2.24, 2.45) is 5.92 Å². The summed E-state index contributed by atoms with van der Waals surface area (Å²) in [6.07, 6.45) is 0.435. The lowest BCUT2D eigenvalue weighted by atomic mass is 10.1. The van der Waals surface area contributed by atoms with E-state index in [9.17, 15) is 4.79 Å². The maximum atomic E-state index is 11.8. The lowest BCUT2D eigenvalue weighted by Crippen LogP contribution is -2.28. The topological polar surface area (TPSA) is 41.1 Å². The van der Waals surface area contributed by atoms with E-state index >= 15 is 0 Å². The lowest BCUT2D eigenvalue weighted by Gasteiger charge is -2.09. The van der Waals surface area contributed by atoms with Crippen LogP contribution in [-0.2, 0) is 17.8 Å². The van der Waals surface area contributed by atoms with Gasteiger partial charge < -0.3 is 10.6 Å². The molecule has 3 heteroatoms. The van der Waals surface area contributed by atoms with Gasteiger partial charge in [-0.3, -0.25) is 4.79 Å². The van der Waals surface area contributed by atoms with Gasteiger partial charge in [0.05, 0.1) is 6.42 Å². The summed E-state index contributed by atoms with van der Waals surface area (Å²) in [5, 5.41) is 6.35. The monoisotopic (exact) mass is 310 g/mol. The van der Waals surface area contributed by atoms with Crippen molar-refractivity contribution >= 4 is 11.6 Å². The molecule has 0 spiro atoms. The summed E-state index contributed by atoms with van der Waals surface area (Å²) in [4.78, 5) is 11.8. The second-order valence-corrected chi connectivity index (χ2v) is 6.41. The van der Waals surface area contributed by atoms with Gasteiger partial charge in [0.15, 0.2) is 0 Å². The molecule has 0 saturated carbocycles. The summed E-state index contributed by atoms with van der Waals surface area (Å²) < 4.78 is 0. The van der Waals surface area contributed by atoms with Crippen LogP contribution in [0.25, 0.3) is 0 Å². The molecule has 2 N–H and O–H groups in total. The van der Waals surface area contributed by atoms with Crippen molar-refractivity contribution in [1.82, 2.24) is 5.32 Å². The Morgan fingerprint density at radius 3 is 2.43 bits per heavy atom. The van der Waals surface area contributed by atoms with E-state index in [1.54, 1.807) is 0 Å². The Morgan fingerprint density at radius 2 is 1.78 bits per heavy atom. The smallest absolute Gasteiger partial charge is 0.224 e. The normalized spacial score (nSPS) is 10.6. The Labute approximate surface area is 139 Å². The standard InChI is InChI=1S/C20H26N2O/c1-15(2)13-22-20(23)12-17-7-9-19(10-8-17)21-14-18-6-4-5-16(3)11-18/h4-11,15,21H,12-14H2,1-3H3,(H,22,23). The van der Waals surface area contributed by atoms with Crippen LogP contribution in [0.4, 0.5) is 5.69 Å². The molecule has 0 aliphatic carbocycles. The number of carbonyl (C=O) groups excluding carboxylic acids is 1. The summed E-state index contributed by atoms with van der Waals surface area (Å²) in [6, 6.07) is 16.5. The largest absolute Gasteiger partial charge is 0.381 e. The number of hydrogen-bond acceptors (Lipinski definition) is 2. The van der Waals surface area contributed by atoms with Gasteiger partial charge in [-0.1, -0.05) is 55.8 Å². The minimum atomic E-state index is 0.0826. The highest BCUT2D eigenvalue weighted by Gasteiger charge is 2.04. The van der Waals surface area contributed by atoms with E-state index in [0.717, 1.165) is 24.3 Å². The third kappa shape index (κ3) is 6.15. The zero-order chi connectivity index (χ0) is 16.7. The van der Waals surface area contributed by atoms with Crippen LogP contribution in [0.3, 0.4) is 0 Å². The van der Waals surface area contributed by atoms with Crippen LogP contribution in [0.1, 0.15) is 30.5 Å². The number of nitrogens with one attached hydrogen (secondary N) is 2. The van der Waals surface area contributed by atoms with Crippen LogP contribution in [-0.4, -0.2) is 12.5 Å². The summed E-state index contributed by atoms with van der Waals surface area (Å²) in [5.41, 5.74) is 4.64. The first-order valence-electron chi connectivity index (χ1n) is 8.18. The van der Waals surface area contributed by atoms with Crippen LogP contribution in [0.15, 0.2) is 48.5 Å². The Kier molecular flexibility index (Phi) is 6.21. The second kappa shape index (κ2) is 8.37. The van der Waals surface area contributed by atoms with Crippen molar-refractivity contribution in [3.63, 3.8) is 0 Å². The second-order valence-electron chi connectivity index (χ2n) is 6.41. The average Bonchev–Trinajstić information content (AvgIpc) is 2.52. The predicted octanol–water partition coefficient (Wildman–Crippen LogP) is 3.92. The first-order chi connectivity index (χ1) is 11.0. The number of anilines is 1. The van der Waals surface area contributed by atoms with E-state index < -0.39 is 0 Å².